The van der Waals surface area contributed by atoms with Crippen molar-refractivity contribution in [1.29, 1.82) is 5.26 Å². The fourth-order valence-electron chi connectivity index (χ4n) is 2.35. The maximum atomic E-state index is 9.44. The molecule has 0 amide bonds. The van der Waals surface area contributed by atoms with E-state index >= 15 is 0 Å². The SMILES string of the molecule is Cc1ncccc1-c1c(C#N)cccc1-c1ccncn1. The minimum atomic E-state index is 0.613. The topological polar surface area (TPSA) is 62.5 Å². The molecule has 0 N–H and O–H groups in total. The molecule has 1 aromatic carbocycles. The van der Waals surface area contributed by atoms with Gasteiger partial charge in [-0.05, 0) is 25.1 Å². The van der Waals surface area contributed by atoms with E-state index in [0.29, 0.717) is 5.56 Å². The number of aryl methyl sites for hydroxylation is 1. The Bertz CT molecular complexity index is 820. The van der Waals surface area contributed by atoms with Crippen molar-refractivity contribution in [3.63, 3.8) is 0 Å². The van der Waals surface area contributed by atoms with Crippen molar-refractivity contribution in [1.82, 2.24) is 15.0 Å². The van der Waals surface area contributed by atoms with E-state index in [4.69, 9.17) is 0 Å². The highest BCUT2D eigenvalue weighted by Gasteiger charge is 2.15. The molecule has 100 valence electrons. The molecule has 0 atom stereocenters. The first-order valence-electron chi connectivity index (χ1n) is 6.52. The van der Waals surface area contributed by atoms with Crippen LogP contribution >= 0.6 is 0 Å². The van der Waals surface area contributed by atoms with Crippen LogP contribution in [0.5, 0.6) is 0 Å². The second-order valence-electron chi connectivity index (χ2n) is 4.57. The van der Waals surface area contributed by atoms with E-state index in [1.807, 2.05) is 43.3 Å². The molecule has 0 saturated carbocycles. The molecule has 21 heavy (non-hydrogen) atoms. The average molecular weight is 272 g/mol. The monoisotopic (exact) mass is 272 g/mol. The van der Waals surface area contributed by atoms with Gasteiger partial charge in [0.25, 0.3) is 0 Å². The van der Waals surface area contributed by atoms with Gasteiger partial charge >= 0.3 is 0 Å². The Hall–Kier alpha value is -3.06. The summed E-state index contributed by atoms with van der Waals surface area (Å²) in [7, 11) is 0. The minimum Gasteiger partial charge on any atom is -0.261 e. The van der Waals surface area contributed by atoms with E-state index in [9.17, 15) is 5.26 Å². The van der Waals surface area contributed by atoms with Gasteiger partial charge in [-0.15, -0.1) is 0 Å². The Kier molecular flexibility index (Phi) is 3.40. The lowest BCUT2D eigenvalue weighted by Crippen LogP contribution is -1.95. The molecule has 0 aliphatic carbocycles. The molecular formula is C17H12N4. The van der Waals surface area contributed by atoms with Crippen LogP contribution in [0, 0.1) is 18.3 Å². The molecule has 0 spiro atoms. The zero-order valence-electron chi connectivity index (χ0n) is 11.5. The van der Waals surface area contributed by atoms with Gasteiger partial charge in [-0.2, -0.15) is 5.26 Å². The van der Waals surface area contributed by atoms with Crippen molar-refractivity contribution in [3.8, 4) is 28.5 Å². The van der Waals surface area contributed by atoms with Gasteiger partial charge in [-0.25, -0.2) is 9.97 Å². The van der Waals surface area contributed by atoms with Crippen molar-refractivity contribution in [3.05, 3.63) is 66.4 Å². The van der Waals surface area contributed by atoms with Crippen LogP contribution in [0.15, 0.2) is 55.1 Å². The lowest BCUT2D eigenvalue weighted by atomic mass is 9.92. The molecule has 0 radical (unpaired) electrons. The quantitative estimate of drug-likeness (QED) is 0.717. The predicted octanol–water partition coefficient (Wildman–Crippen LogP) is 3.39. The van der Waals surface area contributed by atoms with E-state index in [1.54, 1.807) is 12.4 Å². The van der Waals surface area contributed by atoms with E-state index in [2.05, 4.69) is 21.0 Å². The normalized spacial score (nSPS) is 10.1. The van der Waals surface area contributed by atoms with Gasteiger partial charge in [0.15, 0.2) is 0 Å². The number of pyridine rings is 1. The Labute approximate surface area is 122 Å². The second-order valence-corrected chi connectivity index (χ2v) is 4.57. The smallest absolute Gasteiger partial charge is 0.116 e. The van der Waals surface area contributed by atoms with Crippen molar-refractivity contribution < 1.29 is 0 Å². The molecule has 3 aromatic rings. The van der Waals surface area contributed by atoms with Gasteiger partial charge in [0.05, 0.1) is 17.3 Å². The molecule has 2 aromatic heterocycles. The van der Waals surface area contributed by atoms with Gasteiger partial charge in [-0.1, -0.05) is 18.2 Å². The summed E-state index contributed by atoms with van der Waals surface area (Å²) in [6, 6.07) is 13.6. The molecule has 0 unspecified atom stereocenters. The number of nitrogens with zero attached hydrogens (tertiary/aromatic N) is 4. The highest BCUT2D eigenvalue weighted by molar-refractivity contribution is 5.86. The Morgan fingerprint density at radius 1 is 0.952 bits per heavy atom. The third-order valence-electron chi connectivity index (χ3n) is 3.32. The maximum absolute atomic E-state index is 9.44. The van der Waals surface area contributed by atoms with E-state index < -0.39 is 0 Å². The third-order valence-corrected chi connectivity index (χ3v) is 3.32. The van der Waals surface area contributed by atoms with Crippen LogP contribution in [0.2, 0.25) is 0 Å². The van der Waals surface area contributed by atoms with Crippen LogP contribution in [0.1, 0.15) is 11.3 Å². The predicted molar refractivity (Wildman–Crippen MR) is 80.2 cm³/mol. The number of hydrogen-bond acceptors (Lipinski definition) is 4. The molecule has 0 aliphatic heterocycles. The number of rotatable bonds is 2. The van der Waals surface area contributed by atoms with Crippen LogP contribution in [0.4, 0.5) is 0 Å². The largest absolute Gasteiger partial charge is 0.261 e. The van der Waals surface area contributed by atoms with Crippen LogP contribution in [-0.4, -0.2) is 15.0 Å². The van der Waals surface area contributed by atoms with Crippen molar-refractivity contribution in [2.75, 3.05) is 0 Å². The first-order chi connectivity index (χ1) is 10.3. The molecule has 2 heterocycles. The molecule has 0 saturated heterocycles. The van der Waals surface area contributed by atoms with Gasteiger partial charge in [0.2, 0.25) is 0 Å². The summed E-state index contributed by atoms with van der Waals surface area (Å²) in [6.07, 6.45) is 4.95. The van der Waals surface area contributed by atoms with Crippen molar-refractivity contribution in [2.45, 2.75) is 6.92 Å². The third kappa shape index (κ3) is 2.37. The minimum absolute atomic E-state index is 0.613. The second kappa shape index (κ2) is 5.51. The van der Waals surface area contributed by atoms with Gasteiger partial charge < -0.3 is 0 Å². The molecule has 0 fully saturated rings. The van der Waals surface area contributed by atoms with Crippen LogP contribution in [0.25, 0.3) is 22.4 Å². The fourth-order valence-corrected chi connectivity index (χ4v) is 2.35. The number of hydrogen-bond donors (Lipinski definition) is 0. The average Bonchev–Trinajstić information content (AvgIpc) is 2.55. The molecule has 4 nitrogen and oxygen atoms in total. The Morgan fingerprint density at radius 3 is 2.52 bits per heavy atom. The highest BCUT2D eigenvalue weighted by Crippen LogP contribution is 2.34. The summed E-state index contributed by atoms with van der Waals surface area (Å²) in [6.45, 7) is 1.94. The molecular weight excluding hydrogens is 260 g/mol. The molecule has 0 bridgehead atoms. The first-order valence-corrected chi connectivity index (χ1v) is 6.52. The number of aromatic nitrogens is 3. The molecule has 4 heteroatoms. The number of benzene rings is 1. The van der Waals surface area contributed by atoms with E-state index in [1.165, 1.54) is 6.33 Å². The van der Waals surface area contributed by atoms with Gasteiger partial charge in [0, 0.05) is 34.8 Å². The zero-order valence-corrected chi connectivity index (χ0v) is 11.5. The Balaban J connectivity index is 2.34. The van der Waals surface area contributed by atoms with Crippen LogP contribution < -0.4 is 0 Å². The van der Waals surface area contributed by atoms with Crippen LogP contribution in [0.3, 0.4) is 0 Å². The summed E-state index contributed by atoms with van der Waals surface area (Å²) >= 11 is 0. The molecule has 3 rings (SSSR count). The molecule has 0 aliphatic rings. The number of nitriles is 1. The van der Waals surface area contributed by atoms with Crippen molar-refractivity contribution in [2.24, 2.45) is 0 Å². The van der Waals surface area contributed by atoms with Gasteiger partial charge in [-0.3, -0.25) is 4.98 Å². The standard InChI is InChI=1S/C17H12N4/c1-12-14(6-3-8-20-12)17-13(10-18)4-2-5-15(17)16-7-9-19-11-21-16/h2-9,11H,1H3. The summed E-state index contributed by atoms with van der Waals surface area (Å²) in [4.78, 5) is 12.6. The fraction of sp³-hybridized carbons (Fsp3) is 0.0588. The highest BCUT2D eigenvalue weighted by atomic mass is 14.8. The summed E-state index contributed by atoms with van der Waals surface area (Å²) < 4.78 is 0. The summed E-state index contributed by atoms with van der Waals surface area (Å²) in [5, 5.41) is 9.44. The maximum Gasteiger partial charge on any atom is 0.116 e. The Morgan fingerprint density at radius 2 is 1.81 bits per heavy atom. The van der Waals surface area contributed by atoms with E-state index in [0.717, 1.165) is 28.1 Å². The summed E-state index contributed by atoms with van der Waals surface area (Å²) in [5.74, 6) is 0. The van der Waals surface area contributed by atoms with Crippen LogP contribution in [-0.2, 0) is 0 Å². The zero-order chi connectivity index (χ0) is 14.7. The first kappa shape index (κ1) is 12.9. The lowest BCUT2D eigenvalue weighted by Gasteiger charge is -2.12. The van der Waals surface area contributed by atoms with Crippen molar-refractivity contribution >= 4 is 0 Å². The van der Waals surface area contributed by atoms with E-state index in [-0.39, 0.29) is 0 Å². The van der Waals surface area contributed by atoms with Gasteiger partial charge in [0.1, 0.15) is 6.33 Å². The summed E-state index contributed by atoms with van der Waals surface area (Å²) in [5.41, 5.74) is 5.01. The lowest BCUT2D eigenvalue weighted by molar-refractivity contribution is 1.17.